The van der Waals surface area contributed by atoms with Crippen LogP contribution in [0.5, 0.6) is 0 Å². The molecule has 2 aliphatic heterocycles. The number of rotatable bonds is 5. The van der Waals surface area contributed by atoms with Crippen LogP contribution in [0.3, 0.4) is 0 Å². The summed E-state index contributed by atoms with van der Waals surface area (Å²) in [6, 6.07) is 12.8. The van der Waals surface area contributed by atoms with E-state index in [4.69, 9.17) is 0 Å². The lowest BCUT2D eigenvalue weighted by atomic mass is 9.95. The molecule has 3 heterocycles. The standard InChI is InChI=1S/C22H28N4OS/c1-24(2)22(27)17-10-15-25(16-11-17)13-6-14-26-18-7-3-4-8-19(18)28-20-9-5-12-23-21(20)26/h3-5,7-9,12,17H,6,10-11,13-16H2,1-2H3. The second kappa shape index (κ2) is 8.53. The highest BCUT2D eigenvalue weighted by Crippen LogP contribution is 2.46. The number of hydrogen-bond donors (Lipinski definition) is 0. The lowest BCUT2D eigenvalue weighted by Crippen LogP contribution is -2.41. The molecule has 1 saturated heterocycles. The van der Waals surface area contributed by atoms with Crippen LogP contribution in [0.25, 0.3) is 0 Å². The van der Waals surface area contributed by atoms with Crippen LogP contribution in [0.2, 0.25) is 0 Å². The molecule has 2 aliphatic rings. The number of hydrogen-bond acceptors (Lipinski definition) is 5. The molecule has 0 saturated carbocycles. The number of carbonyl (C=O) groups excluding carboxylic acids is 1. The average molecular weight is 397 g/mol. The molecule has 1 aromatic carbocycles. The first kappa shape index (κ1) is 19.3. The van der Waals surface area contributed by atoms with Crippen molar-refractivity contribution in [3.8, 4) is 0 Å². The predicted octanol–water partition coefficient (Wildman–Crippen LogP) is 3.87. The number of likely N-dealkylation sites (tertiary alicyclic amines) is 1. The van der Waals surface area contributed by atoms with Crippen LogP contribution >= 0.6 is 11.8 Å². The Balaban J connectivity index is 1.36. The van der Waals surface area contributed by atoms with Crippen LogP contribution in [-0.2, 0) is 4.79 Å². The Morgan fingerprint density at radius 2 is 1.86 bits per heavy atom. The van der Waals surface area contributed by atoms with E-state index in [1.807, 2.05) is 26.4 Å². The van der Waals surface area contributed by atoms with Crippen LogP contribution in [0.4, 0.5) is 11.5 Å². The number of fused-ring (bicyclic) bond motifs is 2. The van der Waals surface area contributed by atoms with Crippen LogP contribution in [0, 0.1) is 5.92 Å². The fraction of sp³-hybridized carbons (Fsp3) is 0.455. The number of carbonyl (C=O) groups is 1. The van der Waals surface area contributed by atoms with Crippen molar-refractivity contribution in [2.24, 2.45) is 5.92 Å². The normalized spacial score (nSPS) is 17.1. The van der Waals surface area contributed by atoms with Crippen molar-refractivity contribution in [3.05, 3.63) is 42.6 Å². The van der Waals surface area contributed by atoms with Crippen molar-refractivity contribution in [1.82, 2.24) is 14.8 Å². The zero-order valence-corrected chi connectivity index (χ0v) is 17.5. The SMILES string of the molecule is CN(C)C(=O)C1CCN(CCCN2c3ccccc3Sc3cccnc32)CC1. The minimum Gasteiger partial charge on any atom is -0.349 e. The Bertz CT molecular complexity index is 787. The summed E-state index contributed by atoms with van der Waals surface area (Å²) in [6.45, 7) is 4.06. The quantitative estimate of drug-likeness (QED) is 0.767. The van der Waals surface area contributed by atoms with Gasteiger partial charge in [-0.3, -0.25) is 4.79 Å². The van der Waals surface area contributed by atoms with Gasteiger partial charge in [-0.1, -0.05) is 23.9 Å². The van der Waals surface area contributed by atoms with Gasteiger partial charge in [0.25, 0.3) is 0 Å². The zero-order valence-electron chi connectivity index (χ0n) is 16.7. The molecule has 2 aromatic rings. The topological polar surface area (TPSA) is 39.7 Å². The van der Waals surface area contributed by atoms with Gasteiger partial charge in [-0.15, -0.1) is 0 Å². The lowest BCUT2D eigenvalue weighted by molar-refractivity contribution is -0.134. The van der Waals surface area contributed by atoms with Crippen LogP contribution in [0.15, 0.2) is 52.4 Å². The van der Waals surface area contributed by atoms with E-state index < -0.39 is 0 Å². The minimum atomic E-state index is 0.202. The summed E-state index contributed by atoms with van der Waals surface area (Å²) < 4.78 is 0. The maximum absolute atomic E-state index is 12.2. The molecule has 0 unspecified atom stereocenters. The monoisotopic (exact) mass is 396 g/mol. The van der Waals surface area contributed by atoms with Gasteiger partial charge in [-0.2, -0.15) is 0 Å². The van der Waals surface area contributed by atoms with E-state index in [1.165, 1.54) is 15.5 Å². The summed E-state index contributed by atoms with van der Waals surface area (Å²) in [5.74, 6) is 1.56. The Labute approximate surface area is 171 Å². The van der Waals surface area contributed by atoms with Crippen molar-refractivity contribution < 1.29 is 4.79 Å². The third kappa shape index (κ3) is 4.03. The number of piperidine rings is 1. The number of amides is 1. The second-order valence-electron chi connectivity index (χ2n) is 7.75. The van der Waals surface area contributed by atoms with Gasteiger partial charge in [0.1, 0.15) is 5.82 Å². The van der Waals surface area contributed by atoms with Crippen LogP contribution < -0.4 is 4.90 Å². The van der Waals surface area contributed by atoms with Crippen LogP contribution in [0.1, 0.15) is 19.3 Å². The fourth-order valence-electron chi connectivity index (χ4n) is 4.11. The van der Waals surface area contributed by atoms with Crippen molar-refractivity contribution in [2.45, 2.75) is 29.1 Å². The first-order chi connectivity index (χ1) is 13.6. The Morgan fingerprint density at radius 3 is 2.64 bits per heavy atom. The fourth-order valence-corrected chi connectivity index (χ4v) is 5.18. The second-order valence-corrected chi connectivity index (χ2v) is 8.83. The van der Waals surface area contributed by atoms with Crippen molar-refractivity contribution in [1.29, 1.82) is 0 Å². The van der Waals surface area contributed by atoms with Gasteiger partial charge in [-0.25, -0.2) is 4.98 Å². The van der Waals surface area contributed by atoms with Gasteiger partial charge < -0.3 is 14.7 Å². The van der Waals surface area contributed by atoms with Gasteiger partial charge >= 0.3 is 0 Å². The largest absolute Gasteiger partial charge is 0.349 e. The maximum Gasteiger partial charge on any atom is 0.225 e. The first-order valence-corrected chi connectivity index (χ1v) is 10.9. The van der Waals surface area contributed by atoms with E-state index in [2.05, 4.69) is 45.1 Å². The third-order valence-electron chi connectivity index (χ3n) is 5.62. The number of aromatic nitrogens is 1. The molecule has 0 spiro atoms. The van der Waals surface area contributed by atoms with Crippen LogP contribution in [-0.4, -0.2) is 61.0 Å². The summed E-state index contributed by atoms with van der Waals surface area (Å²) in [6.07, 6.45) is 4.92. The third-order valence-corrected chi connectivity index (χ3v) is 6.72. The zero-order chi connectivity index (χ0) is 19.5. The van der Waals surface area contributed by atoms with Crippen molar-refractivity contribution >= 4 is 29.2 Å². The number of nitrogens with zero attached hydrogens (tertiary/aromatic N) is 4. The molecule has 148 valence electrons. The summed E-state index contributed by atoms with van der Waals surface area (Å²) >= 11 is 1.80. The smallest absolute Gasteiger partial charge is 0.225 e. The van der Waals surface area contributed by atoms with Gasteiger partial charge in [-0.05, 0) is 63.2 Å². The molecule has 0 atom stereocenters. The highest BCUT2D eigenvalue weighted by molar-refractivity contribution is 7.99. The van der Waals surface area contributed by atoms with Gasteiger partial charge in [0.05, 0.1) is 10.6 Å². The molecule has 6 heteroatoms. The predicted molar refractivity (Wildman–Crippen MR) is 114 cm³/mol. The summed E-state index contributed by atoms with van der Waals surface area (Å²) in [4.78, 5) is 25.9. The number of pyridine rings is 1. The van der Waals surface area contributed by atoms with Gasteiger partial charge in [0.15, 0.2) is 0 Å². The molecule has 28 heavy (non-hydrogen) atoms. The molecule has 0 radical (unpaired) electrons. The van der Waals surface area contributed by atoms with Gasteiger partial charge in [0.2, 0.25) is 5.91 Å². The molecule has 1 amide bonds. The minimum absolute atomic E-state index is 0.202. The molecular weight excluding hydrogens is 368 g/mol. The maximum atomic E-state index is 12.2. The molecule has 5 nitrogen and oxygen atoms in total. The summed E-state index contributed by atoms with van der Waals surface area (Å²) in [5, 5.41) is 0. The highest BCUT2D eigenvalue weighted by Gasteiger charge is 2.27. The molecule has 4 rings (SSSR count). The van der Waals surface area contributed by atoms with E-state index in [1.54, 1.807) is 16.7 Å². The van der Waals surface area contributed by atoms with Gasteiger partial charge in [0, 0.05) is 37.7 Å². The van der Waals surface area contributed by atoms with E-state index in [-0.39, 0.29) is 11.8 Å². The van der Waals surface area contributed by atoms with E-state index >= 15 is 0 Å². The highest BCUT2D eigenvalue weighted by atomic mass is 32.2. The number of anilines is 2. The molecule has 0 aliphatic carbocycles. The molecule has 1 fully saturated rings. The summed E-state index contributed by atoms with van der Waals surface area (Å²) in [7, 11) is 3.71. The average Bonchev–Trinajstić information content (AvgIpc) is 2.73. The van der Waals surface area contributed by atoms with E-state index in [0.717, 1.165) is 51.3 Å². The lowest BCUT2D eigenvalue weighted by Gasteiger charge is -2.34. The molecule has 0 bridgehead atoms. The van der Waals surface area contributed by atoms with E-state index in [9.17, 15) is 4.79 Å². The Hall–Kier alpha value is -2.05. The number of benzene rings is 1. The van der Waals surface area contributed by atoms with Crippen molar-refractivity contribution in [3.63, 3.8) is 0 Å². The van der Waals surface area contributed by atoms with E-state index in [0.29, 0.717) is 0 Å². The first-order valence-electron chi connectivity index (χ1n) is 10.1. The molecular formula is C22H28N4OS. The van der Waals surface area contributed by atoms with Crippen molar-refractivity contribution in [2.75, 3.05) is 45.2 Å². The molecule has 0 N–H and O–H groups in total. The molecule has 1 aromatic heterocycles. The Morgan fingerprint density at radius 1 is 1.11 bits per heavy atom. The summed E-state index contributed by atoms with van der Waals surface area (Å²) in [5.41, 5.74) is 1.26. The Kier molecular flexibility index (Phi) is 5.87. The number of para-hydroxylation sites is 1.